The third-order valence-corrected chi connectivity index (χ3v) is 4.83. The van der Waals surface area contributed by atoms with Crippen molar-refractivity contribution in [3.63, 3.8) is 0 Å². The zero-order chi connectivity index (χ0) is 20.7. The van der Waals surface area contributed by atoms with Gasteiger partial charge in [-0.15, -0.1) is 0 Å². The molecule has 28 heavy (non-hydrogen) atoms. The van der Waals surface area contributed by atoms with Crippen molar-refractivity contribution >= 4 is 5.97 Å². The van der Waals surface area contributed by atoms with Gasteiger partial charge in [-0.25, -0.2) is 4.79 Å². The Morgan fingerprint density at radius 3 is 2.61 bits per heavy atom. The molecule has 3 atom stereocenters. The summed E-state index contributed by atoms with van der Waals surface area (Å²) in [5.41, 5.74) is 1.25. The molecule has 1 aromatic carbocycles. The summed E-state index contributed by atoms with van der Waals surface area (Å²) in [6.07, 6.45) is -2.45. The van der Waals surface area contributed by atoms with Gasteiger partial charge in [-0.1, -0.05) is 18.2 Å². The van der Waals surface area contributed by atoms with Gasteiger partial charge in [0.1, 0.15) is 5.75 Å². The minimum absolute atomic E-state index is 0.230. The summed E-state index contributed by atoms with van der Waals surface area (Å²) in [6.45, 7) is 5.66. The van der Waals surface area contributed by atoms with E-state index in [2.05, 4.69) is 24.0 Å². The van der Waals surface area contributed by atoms with Crippen LogP contribution in [0.2, 0.25) is 0 Å². The van der Waals surface area contributed by atoms with E-state index in [0.717, 1.165) is 44.9 Å². The maximum Gasteiger partial charge on any atom is 0.490 e. The van der Waals surface area contributed by atoms with Gasteiger partial charge >= 0.3 is 12.1 Å². The first-order chi connectivity index (χ1) is 13.3. The molecule has 0 amide bonds. The normalized spacial score (nSPS) is 24.8. The first-order valence-corrected chi connectivity index (χ1v) is 9.17. The maximum absolute atomic E-state index is 10.6. The van der Waals surface area contributed by atoms with Crippen molar-refractivity contribution in [3.8, 4) is 5.75 Å². The van der Waals surface area contributed by atoms with Crippen LogP contribution < -0.4 is 4.74 Å². The third-order valence-electron chi connectivity index (χ3n) is 4.83. The van der Waals surface area contributed by atoms with Crippen LogP contribution in [0, 0.1) is 0 Å². The SMILES string of the molecule is CCO[C@@H]1CCN(Cc2ccccc2OC)[C@H]2CCO[C@H]12.O=C(O)C(F)(F)F. The van der Waals surface area contributed by atoms with E-state index in [9.17, 15) is 13.2 Å². The number of piperidine rings is 1. The molecule has 1 N–H and O–H groups in total. The van der Waals surface area contributed by atoms with Gasteiger partial charge in [0.05, 0.1) is 19.3 Å². The van der Waals surface area contributed by atoms with Gasteiger partial charge in [0, 0.05) is 37.9 Å². The Morgan fingerprint density at radius 2 is 2.00 bits per heavy atom. The van der Waals surface area contributed by atoms with Crippen molar-refractivity contribution in [2.45, 2.75) is 50.7 Å². The van der Waals surface area contributed by atoms with Crippen molar-refractivity contribution in [2.75, 3.05) is 26.9 Å². The number of aliphatic carboxylic acids is 1. The second kappa shape index (κ2) is 10.1. The Morgan fingerprint density at radius 1 is 1.32 bits per heavy atom. The minimum Gasteiger partial charge on any atom is -0.496 e. The molecule has 2 fully saturated rings. The highest BCUT2D eigenvalue weighted by molar-refractivity contribution is 5.73. The molecule has 0 radical (unpaired) electrons. The Hall–Kier alpha value is -1.84. The highest BCUT2D eigenvalue weighted by atomic mass is 19.4. The fourth-order valence-electron chi connectivity index (χ4n) is 3.61. The number of carboxylic acid groups (broad SMARTS) is 1. The smallest absolute Gasteiger partial charge is 0.490 e. The second-order valence-electron chi connectivity index (χ2n) is 6.56. The monoisotopic (exact) mass is 405 g/mol. The number of ether oxygens (including phenoxy) is 3. The number of para-hydroxylation sites is 1. The van der Waals surface area contributed by atoms with E-state index in [0.29, 0.717) is 6.04 Å². The molecular weight excluding hydrogens is 379 g/mol. The molecule has 9 heteroatoms. The summed E-state index contributed by atoms with van der Waals surface area (Å²) in [5.74, 6) is -1.78. The van der Waals surface area contributed by atoms with Crippen LogP contribution in [0.3, 0.4) is 0 Å². The number of fused-ring (bicyclic) bond motifs is 1. The number of carbonyl (C=O) groups is 1. The highest BCUT2D eigenvalue weighted by Crippen LogP contribution is 2.32. The van der Waals surface area contributed by atoms with Crippen LogP contribution in [0.4, 0.5) is 13.2 Å². The summed E-state index contributed by atoms with van der Waals surface area (Å²) in [5, 5.41) is 7.12. The quantitative estimate of drug-likeness (QED) is 0.812. The van der Waals surface area contributed by atoms with Crippen molar-refractivity contribution in [1.82, 2.24) is 4.90 Å². The first kappa shape index (κ1) is 22.4. The lowest BCUT2D eigenvalue weighted by Gasteiger charge is -2.41. The molecule has 2 aliphatic rings. The standard InChI is InChI=1S/C17H25NO3.C2HF3O2/c1-3-20-16-8-10-18(14-9-11-21-17(14)16)12-13-6-4-5-7-15(13)19-2;3-2(4,5)1(6)7/h4-7,14,16-17H,3,8-12H2,1-2H3;(H,6,7)/t14-,16+,17-;/m0./s1. The van der Waals surface area contributed by atoms with Crippen molar-refractivity contribution in [1.29, 1.82) is 0 Å². The molecule has 158 valence electrons. The van der Waals surface area contributed by atoms with E-state index in [1.807, 2.05) is 12.1 Å². The lowest BCUT2D eigenvalue weighted by Crippen LogP contribution is -2.52. The summed E-state index contributed by atoms with van der Waals surface area (Å²) < 4.78 is 49.0. The number of methoxy groups -OCH3 is 1. The predicted octanol–water partition coefficient (Wildman–Crippen LogP) is 3.10. The number of hydrogen-bond donors (Lipinski definition) is 1. The zero-order valence-corrected chi connectivity index (χ0v) is 15.9. The van der Waals surface area contributed by atoms with E-state index in [4.69, 9.17) is 24.1 Å². The van der Waals surface area contributed by atoms with Crippen LogP contribution in [-0.4, -0.2) is 67.3 Å². The molecule has 2 saturated heterocycles. The fraction of sp³-hybridized carbons (Fsp3) is 0.632. The van der Waals surface area contributed by atoms with Gasteiger partial charge in [0.2, 0.25) is 0 Å². The van der Waals surface area contributed by atoms with Crippen LogP contribution in [0.5, 0.6) is 5.75 Å². The Labute approximate surface area is 162 Å². The average Bonchev–Trinajstić information content (AvgIpc) is 3.14. The molecule has 0 aromatic heterocycles. The van der Waals surface area contributed by atoms with Gasteiger partial charge in [-0.3, -0.25) is 4.90 Å². The molecule has 0 bridgehead atoms. The van der Waals surface area contributed by atoms with Crippen molar-refractivity contribution in [3.05, 3.63) is 29.8 Å². The number of benzene rings is 1. The van der Waals surface area contributed by atoms with Crippen molar-refractivity contribution < 1.29 is 37.3 Å². The lowest BCUT2D eigenvalue weighted by molar-refractivity contribution is -0.192. The highest BCUT2D eigenvalue weighted by Gasteiger charge is 2.42. The van der Waals surface area contributed by atoms with Crippen LogP contribution >= 0.6 is 0 Å². The van der Waals surface area contributed by atoms with E-state index >= 15 is 0 Å². The van der Waals surface area contributed by atoms with Crippen LogP contribution in [0.15, 0.2) is 24.3 Å². The lowest BCUT2D eigenvalue weighted by atomic mass is 9.95. The second-order valence-corrected chi connectivity index (χ2v) is 6.56. The van der Waals surface area contributed by atoms with Crippen LogP contribution in [0.1, 0.15) is 25.3 Å². The Balaban J connectivity index is 0.000000345. The van der Waals surface area contributed by atoms with Gasteiger partial charge in [0.15, 0.2) is 0 Å². The van der Waals surface area contributed by atoms with Crippen molar-refractivity contribution in [2.24, 2.45) is 0 Å². The van der Waals surface area contributed by atoms with Crippen LogP contribution in [-0.2, 0) is 20.8 Å². The summed E-state index contributed by atoms with van der Waals surface area (Å²) in [6, 6.07) is 8.75. The molecule has 6 nitrogen and oxygen atoms in total. The van der Waals surface area contributed by atoms with Gasteiger partial charge in [-0.05, 0) is 25.8 Å². The van der Waals surface area contributed by atoms with Crippen LogP contribution in [0.25, 0.3) is 0 Å². The molecule has 0 aliphatic carbocycles. The molecule has 0 saturated carbocycles. The molecule has 2 heterocycles. The van der Waals surface area contributed by atoms with Gasteiger partial charge in [-0.2, -0.15) is 13.2 Å². The number of alkyl halides is 3. The number of nitrogens with zero attached hydrogens (tertiary/aromatic N) is 1. The minimum atomic E-state index is -5.08. The Kier molecular flexibility index (Phi) is 8.09. The molecule has 2 aliphatic heterocycles. The summed E-state index contributed by atoms with van der Waals surface area (Å²) >= 11 is 0. The average molecular weight is 405 g/mol. The van der Waals surface area contributed by atoms with Gasteiger partial charge in [0.25, 0.3) is 0 Å². The van der Waals surface area contributed by atoms with E-state index in [1.165, 1.54) is 5.56 Å². The number of likely N-dealkylation sites (tertiary alicyclic amines) is 1. The summed E-state index contributed by atoms with van der Waals surface area (Å²) in [7, 11) is 1.74. The molecule has 1 aromatic rings. The number of hydrogen-bond acceptors (Lipinski definition) is 5. The number of rotatable bonds is 5. The van der Waals surface area contributed by atoms with E-state index in [1.54, 1.807) is 7.11 Å². The van der Waals surface area contributed by atoms with E-state index < -0.39 is 12.1 Å². The number of carboxylic acids is 1. The largest absolute Gasteiger partial charge is 0.496 e. The molecule has 0 spiro atoms. The fourth-order valence-corrected chi connectivity index (χ4v) is 3.61. The zero-order valence-electron chi connectivity index (χ0n) is 15.9. The molecular formula is C19H26F3NO5. The van der Waals surface area contributed by atoms with Gasteiger partial charge < -0.3 is 19.3 Å². The summed E-state index contributed by atoms with van der Waals surface area (Å²) in [4.78, 5) is 11.4. The first-order valence-electron chi connectivity index (χ1n) is 9.17. The topological polar surface area (TPSA) is 68.2 Å². The predicted molar refractivity (Wildman–Crippen MR) is 95.3 cm³/mol. The Bertz CT molecular complexity index is 640. The molecule has 0 unspecified atom stereocenters. The van der Waals surface area contributed by atoms with E-state index in [-0.39, 0.29) is 12.2 Å². The third kappa shape index (κ3) is 5.83. The molecule has 3 rings (SSSR count). The maximum atomic E-state index is 10.6. The number of halogens is 3.